The molecule has 2 rings (SSSR count). The average molecular weight is 284 g/mol. The lowest BCUT2D eigenvalue weighted by molar-refractivity contribution is 0.0762. The molecule has 19 heavy (non-hydrogen) atoms. The lowest BCUT2D eigenvalue weighted by atomic mass is 10.1. The molecule has 1 aromatic carbocycles. The van der Waals surface area contributed by atoms with Crippen molar-refractivity contribution < 1.29 is 18.3 Å². The average Bonchev–Trinajstić information content (AvgIpc) is 2.70. The summed E-state index contributed by atoms with van der Waals surface area (Å²) in [5.41, 5.74) is 4.37. The van der Waals surface area contributed by atoms with Crippen LogP contribution in [-0.4, -0.2) is 42.4 Å². The summed E-state index contributed by atoms with van der Waals surface area (Å²) in [7, 11) is -3.63. The molecule has 1 aliphatic rings. The van der Waals surface area contributed by atoms with Crippen LogP contribution in [0.15, 0.2) is 29.2 Å². The molecule has 1 saturated heterocycles. The minimum atomic E-state index is -3.63. The smallest absolute Gasteiger partial charge is 0.248 e. The van der Waals surface area contributed by atoms with Gasteiger partial charge in [-0.2, -0.15) is 4.31 Å². The SMILES string of the molecule is CC1(O)CCN(S(=O)(=O)c2ccc(C(N)=O)cc2)C1. The zero-order valence-electron chi connectivity index (χ0n) is 10.5. The van der Waals surface area contributed by atoms with Gasteiger partial charge in [0, 0.05) is 18.7 Å². The van der Waals surface area contributed by atoms with E-state index in [1.165, 1.54) is 28.6 Å². The molecule has 0 radical (unpaired) electrons. The van der Waals surface area contributed by atoms with Gasteiger partial charge in [0.2, 0.25) is 15.9 Å². The maximum Gasteiger partial charge on any atom is 0.248 e. The van der Waals surface area contributed by atoms with E-state index in [1.54, 1.807) is 6.92 Å². The van der Waals surface area contributed by atoms with Crippen LogP contribution in [0.5, 0.6) is 0 Å². The van der Waals surface area contributed by atoms with E-state index in [0.29, 0.717) is 6.42 Å². The molecule has 1 fully saturated rings. The van der Waals surface area contributed by atoms with Crippen LogP contribution in [0.4, 0.5) is 0 Å². The van der Waals surface area contributed by atoms with Crippen LogP contribution >= 0.6 is 0 Å². The molecule has 3 N–H and O–H groups in total. The Bertz CT molecular complexity index is 593. The number of primary amides is 1. The Labute approximate surface area is 111 Å². The fourth-order valence-corrected chi connectivity index (χ4v) is 3.61. The number of hydrogen-bond acceptors (Lipinski definition) is 4. The summed E-state index contributed by atoms with van der Waals surface area (Å²) in [5.74, 6) is -0.604. The van der Waals surface area contributed by atoms with E-state index in [0.717, 1.165) is 0 Å². The van der Waals surface area contributed by atoms with Gasteiger partial charge in [0.15, 0.2) is 0 Å². The highest BCUT2D eigenvalue weighted by Crippen LogP contribution is 2.26. The van der Waals surface area contributed by atoms with E-state index < -0.39 is 21.5 Å². The van der Waals surface area contributed by atoms with E-state index >= 15 is 0 Å². The van der Waals surface area contributed by atoms with Gasteiger partial charge >= 0.3 is 0 Å². The number of nitrogens with two attached hydrogens (primary N) is 1. The van der Waals surface area contributed by atoms with Crippen molar-refractivity contribution in [2.24, 2.45) is 5.73 Å². The molecule has 0 spiro atoms. The largest absolute Gasteiger partial charge is 0.389 e. The molecule has 1 aromatic rings. The van der Waals surface area contributed by atoms with E-state index in [1.807, 2.05) is 0 Å². The Hall–Kier alpha value is -1.44. The van der Waals surface area contributed by atoms with Gasteiger partial charge in [-0.1, -0.05) is 0 Å². The van der Waals surface area contributed by atoms with Gasteiger partial charge < -0.3 is 10.8 Å². The van der Waals surface area contributed by atoms with Gasteiger partial charge in [-0.25, -0.2) is 8.42 Å². The van der Waals surface area contributed by atoms with Gasteiger partial charge in [-0.3, -0.25) is 4.79 Å². The molecule has 0 bridgehead atoms. The van der Waals surface area contributed by atoms with E-state index in [2.05, 4.69) is 0 Å². The summed E-state index contributed by atoms with van der Waals surface area (Å²) < 4.78 is 25.8. The van der Waals surface area contributed by atoms with E-state index in [4.69, 9.17) is 5.73 Å². The number of carbonyl (C=O) groups is 1. The van der Waals surface area contributed by atoms with Crippen LogP contribution in [0, 0.1) is 0 Å². The summed E-state index contributed by atoms with van der Waals surface area (Å²) in [5, 5.41) is 9.82. The quantitative estimate of drug-likeness (QED) is 0.811. The van der Waals surface area contributed by atoms with Crippen molar-refractivity contribution in [2.75, 3.05) is 13.1 Å². The Morgan fingerprint density at radius 2 is 1.95 bits per heavy atom. The second kappa shape index (κ2) is 4.59. The molecule has 7 heteroatoms. The molecule has 0 saturated carbocycles. The van der Waals surface area contributed by atoms with Gasteiger partial charge in [0.1, 0.15) is 0 Å². The lowest BCUT2D eigenvalue weighted by Crippen LogP contribution is -2.33. The minimum Gasteiger partial charge on any atom is -0.389 e. The molecular weight excluding hydrogens is 268 g/mol. The van der Waals surface area contributed by atoms with Crippen molar-refractivity contribution in [3.63, 3.8) is 0 Å². The maximum atomic E-state index is 12.3. The van der Waals surface area contributed by atoms with Crippen LogP contribution in [0.2, 0.25) is 0 Å². The number of rotatable bonds is 3. The van der Waals surface area contributed by atoms with Crippen molar-refractivity contribution in [2.45, 2.75) is 23.8 Å². The number of carbonyl (C=O) groups excluding carboxylic acids is 1. The first-order valence-corrected chi connectivity index (χ1v) is 7.29. The normalized spacial score (nSPS) is 24.5. The van der Waals surface area contributed by atoms with Gasteiger partial charge in [0.05, 0.1) is 10.5 Å². The number of β-amino-alcohol motifs (C(OH)–C–C–N with tert-alkyl or cyclic N) is 1. The van der Waals surface area contributed by atoms with Crippen LogP contribution in [0.3, 0.4) is 0 Å². The number of benzene rings is 1. The van der Waals surface area contributed by atoms with Crippen molar-refractivity contribution in [1.29, 1.82) is 0 Å². The summed E-state index contributed by atoms with van der Waals surface area (Å²) >= 11 is 0. The number of sulfonamides is 1. The van der Waals surface area contributed by atoms with E-state index in [-0.39, 0.29) is 23.5 Å². The summed E-state index contributed by atoms with van der Waals surface area (Å²) in [6, 6.07) is 5.46. The van der Waals surface area contributed by atoms with Crippen molar-refractivity contribution >= 4 is 15.9 Å². The molecule has 1 unspecified atom stereocenters. The van der Waals surface area contributed by atoms with E-state index in [9.17, 15) is 18.3 Å². The molecule has 0 aliphatic carbocycles. The fourth-order valence-electron chi connectivity index (χ4n) is 2.05. The third-order valence-electron chi connectivity index (χ3n) is 3.19. The van der Waals surface area contributed by atoms with Crippen LogP contribution in [0.1, 0.15) is 23.7 Å². The Balaban J connectivity index is 2.28. The van der Waals surface area contributed by atoms with Crippen LogP contribution in [-0.2, 0) is 10.0 Å². The molecule has 104 valence electrons. The molecule has 6 nitrogen and oxygen atoms in total. The number of hydrogen-bond donors (Lipinski definition) is 2. The van der Waals surface area contributed by atoms with Crippen LogP contribution in [0.25, 0.3) is 0 Å². The topological polar surface area (TPSA) is 101 Å². The fraction of sp³-hybridized carbons (Fsp3) is 0.417. The lowest BCUT2D eigenvalue weighted by Gasteiger charge is -2.19. The maximum absolute atomic E-state index is 12.3. The third kappa shape index (κ3) is 2.78. The second-order valence-corrected chi connectivity index (χ2v) is 6.91. The molecule has 1 amide bonds. The first-order valence-electron chi connectivity index (χ1n) is 5.85. The number of aliphatic hydroxyl groups is 1. The minimum absolute atomic E-state index is 0.0763. The molecule has 1 atom stereocenters. The number of nitrogens with zero attached hydrogens (tertiary/aromatic N) is 1. The second-order valence-electron chi connectivity index (χ2n) is 4.97. The van der Waals surface area contributed by atoms with Crippen molar-refractivity contribution in [3.8, 4) is 0 Å². The molecule has 0 aromatic heterocycles. The first kappa shape index (κ1) is 14.0. The Morgan fingerprint density at radius 3 is 2.37 bits per heavy atom. The highest BCUT2D eigenvalue weighted by Gasteiger charge is 2.38. The highest BCUT2D eigenvalue weighted by atomic mass is 32.2. The predicted octanol–water partition coefficient (Wildman–Crippen LogP) is -0.0691. The van der Waals surface area contributed by atoms with Crippen LogP contribution < -0.4 is 5.73 Å². The standard InChI is InChI=1S/C12H16N2O4S/c1-12(16)6-7-14(8-12)19(17,18)10-4-2-9(3-5-10)11(13)15/h2-5,16H,6-8H2,1H3,(H2,13,15). The summed E-state index contributed by atoms with van der Waals surface area (Å²) in [4.78, 5) is 11.0. The predicted molar refractivity (Wildman–Crippen MR) is 69.0 cm³/mol. The summed E-state index contributed by atoms with van der Waals surface area (Å²) in [6.45, 7) is 1.97. The molecular formula is C12H16N2O4S. The van der Waals surface area contributed by atoms with Crippen molar-refractivity contribution in [3.05, 3.63) is 29.8 Å². The van der Waals surface area contributed by atoms with Gasteiger partial charge in [-0.05, 0) is 37.6 Å². The zero-order valence-corrected chi connectivity index (χ0v) is 11.4. The van der Waals surface area contributed by atoms with Gasteiger partial charge in [0.25, 0.3) is 0 Å². The monoisotopic (exact) mass is 284 g/mol. The first-order chi connectivity index (χ1) is 8.72. The van der Waals surface area contributed by atoms with Crippen molar-refractivity contribution in [1.82, 2.24) is 4.31 Å². The highest BCUT2D eigenvalue weighted by molar-refractivity contribution is 7.89. The zero-order chi connectivity index (χ0) is 14.3. The third-order valence-corrected chi connectivity index (χ3v) is 5.05. The van der Waals surface area contributed by atoms with Gasteiger partial charge in [-0.15, -0.1) is 0 Å². The molecule has 1 heterocycles. The number of amides is 1. The Morgan fingerprint density at radius 1 is 1.37 bits per heavy atom. The molecule has 1 aliphatic heterocycles. The summed E-state index contributed by atoms with van der Waals surface area (Å²) in [6.07, 6.45) is 0.408. The Kier molecular flexibility index (Phi) is 3.38.